The topological polar surface area (TPSA) is 157 Å². The van der Waals surface area contributed by atoms with Gasteiger partial charge in [0.2, 0.25) is 5.91 Å². The summed E-state index contributed by atoms with van der Waals surface area (Å²) in [6.45, 7) is 6.89. The Bertz CT molecular complexity index is 1300. The summed E-state index contributed by atoms with van der Waals surface area (Å²) >= 11 is 1.19. The normalized spacial score (nSPS) is 23.8. The zero-order valence-electron chi connectivity index (χ0n) is 24.9. The number of nitrogens with zero attached hydrogens (tertiary/aromatic N) is 3. The Morgan fingerprint density at radius 2 is 1.60 bits per heavy atom. The summed E-state index contributed by atoms with van der Waals surface area (Å²) in [5.74, 6) is -0.962. The van der Waals surface area contributed by atoms with Gasteiger partial charge >= 0.3 is 17.9 Å². The molecule has 2 aromatic rings. The molecule has 0 spiro atoms. The van der Waals surface area contributed by atoms with Gasteiger partial charge in [-0.15, -0.1) is 10.2 Å². The van der Waals surface area contributed by atoms with Crippen molar-refractivity contribution in [3.05, 3.63) is 35.7 Å². The number of esters is 3. The molecule has 1 aromatic carbocycles. The molecule has 4 rings (SSSR count). The summed E-state index contributed by atoms with van der Waals surface area (Å²) in [6, 6.07) is 6.91. The average Bonchev–Trinajstić information content (AvgIpc) is 3.59. The third-order valence-electron chi connectivity index (χ3n) is 7.11. The van der Waals surface area contributed by atoms with Gasteiger partial charge in [-0.25, -0.2) is 0 Å². The van der Waals surface area contributed by atoms with Gasteiger partial charge in [0.25, 0.3) is 0 Å². The van der Waals surface area contributed by atoms with Gasteiger partial charge in [0, 0.05) is 33.7 Å². The highest BCUT2D eigenvalue weighted by Crippen LogP contribution is 2.39. The summed E-state index contributed by atoms with van der Waals surface area (Å²) in [7, 11) is 0. The number of thioether (sulfide) groups is 1. The predicted molar refractivity (Wildman–Crippen MR) is 153 cm³/mol. The Balaban J connectivity index is 1.68. The predicted octanol–water partition coefficient (Wildman–Crippen LogP) is 3.03. The fraction of sp³-hybridized carbons (Fsp3) is 0.586. The van der Waals surface area contributed by atoms with Crippen molar-refractivity contribution >= 4 is 35.6 Å². The van der Waals surface area contributed by atoms with Crippen molar-refractivity contribution in [2.24, 2.45) is 0 Å². The van der Waals surface area contributed by atoms with Crippen LogP contribution in [0.2, 0.25) is 0 Å². The van der Waals surface area contributed by atoms with Gasteiger partial charge in [-0.1, -0.05) is 42.3 Å². The molecule has 1 saturated heterocycles. The first kappa shape index (κ1) is 32.3. The molecule has 1 amide bonds. The molecule has 2 fully saturated rings. The Labute approximate surface area is 254 Å². The van der Waals surface area contributed by atoms with Crippen LogP contribution in [0.25, 0.3) is 0 Å². The van der Waals surface area contributed by atoms with E-state index in [4.69, 9.17) is 23.7 Å². The molecule has 1 saturated carbocycles. The van der Waals surface area contributed by atoms with Crippen molar-refractivity contribution in [2.75, 3.05) is 6.61 Å². The highest BCUT2D eigenvalue weighted by molar-refractivity contribution is 7.99. The Morgan fingerprint density at radius 1 is 0.953 bits per heavy atom. The van der Waals surface area contributed by atoms with Gasteiger partial charge in [-0.2, -0.15) is 0 Å². The van der Waals surface area contributed by atoms with Gasteiger partial charge in [-0.3, -0.25) is 23.7 Å². The summed E-state index contributed by atoms with van der Waals surface area (Å²) < 4.78 is 30.8. The maximum absolute atomic E-state index is 12.3. The maximum Gasteiger partial charge on any atom is 0.303 e. The maximum atomic E-state index is 12.3. The van der Waals surface area contributed by atoms with Crippen LogP contribution in [-0.2, 0) is 44.7 Å². The first-order valence-corrected chi connectivity index (χ1v) is 15.1. The summed E-state index contributed by atoms with van der Waals surface area (Å²) in [5, 5.41) is 12.2. The van der Waals surface area contributed by atoms with Crippen LogP contribution in [0.5, 0.6) is 5.75 Å². The quantitative estimate of drug-likeness (QED) is 0.290. The minimum absolute atomic E-state index is 0.131. The molecule has 1 aliphatic carbocycles. The minimum atomic E-state index is -1.17. The van der Waals surface area contributed by atoms with Crippen molar-refractivity contribution < 1.29 is 42.9 Å². The lowest BCUT2D eigenvalue weighted by Crippen LogP contribution is -2.65. The van der Waals surface area contributed by atoms with Gasteiger partial charge < -0.3 is 29.0 Å². The lowest BCUT2D eigenvalue weighted by molar-refractivity contribution is -0.211. The van der Waals surface area contributed by atoms with Crippen LogP contribution in [0.1, 0.15) is 70.8 Å². The smallest absolute Gasteiger partial charge is 0.303 e. The molecular weight excluding hydrogens is 580 g/mol. The Kier molecular flexibility index (Phi) is 11.0. The van der Waals surface area contributed by atoms with Crippen LogP contribution in [0.3, 0.4) is 0 Å². The molecule has 2 aliphatic rings. The van der Waals surface area contributed by atoms with Crippen LogP contribution in [0, 0.1) is 6.92 Å². The standard InChI is InChI=1S/C29H38N4O9S/c1-16-10-12-22(13-11-16)39-15-24-31-32-29(33(24)21-8-6-7-9-21)43-28-25(30-17(2)34)27(41-20(5)37)26(40-19(4)36)23(42-28)14-38-18(3)35/h10-13,21,23,25-28H,6-9,14-15H2,1-5H3,(H,30,34)/t23-,25+,26-,27+,28+/m1/s1. The highest BCUT2D eigenvalue weighted by Gasteiger charge is 2.51. The zero-order valence-corrected chi connectivity index (χ0v) is 25.8. The van der Waals surface area contributed by atoms with E-state index < -0.39 is 53.6 Å². The van der Waals surface area contributed by atoms with Crippen LogP contribution in [-0.4, -0.2) is 75.0 Å². The molecule has 13 nitrogen and oxygen atoms in total. The van der Waals surface area contributed by atoms with Gasteiger partial charge in [0.15, 0.2) is 23.2 Å². The lowest BCUT2D eigenvalue weighted by Gasteiger charge is -2.44. The van der Waals surface area contributed by atoms with Crippen molar-refractivity contribution in [1.82, 2.24) is 20.1 Å². The van der Waals surface area contributed by atoms with Crippen LogP contribution in [0.4, 0.5) is 0 Å². The fourth-order valence-electron chi connectivity index (χ4n) is 5.29. The number of carbonyl (C=O) groups is 4. The van der Waals surface area contributed by atoms with E-state index >= 15 is 0 Å². The number of hydrogen-bond acceptors (Lipinski definition) is 12. The Hall–Kier alpha value is -3.65. The number of benzene rings is 1. The van der Waals surface area contributed by atoms with Crippen molar-refractivity contribution in [3.63, 3.8) is 0 Å². The van der Waals surface area contributed by atoms with E-state index in [1.54, 1.807) is 0 Å². The molecule has 43 heavy (non-hydrogen) atoms. The second-order valence-electron chi connectivity index (χ2n) is 10.6. The molecule has 0 bridgehead atoms. The van der Waals surface area contributed by atoms with Crippen molar-refractivity contribution in [1.29, 1.82) is 0 Å². The fourth-order valence-corrected chi connectivity index (χ4v) is 6.52. The van der Waals surface area contributed by atoms with Gasteiger partial charge in [0.05, 0.1) is 0 Å². The van der Waals surface area contributed by atoms with Crippen LogP contribution in [0.15, 0.2) is 29.4 Å². The molecule has 2 heterocycles. The minimum Gasteiger partial charge on any atom is -0.486 e. The monoisotopic (exact) mass is 618 g/mol. The van der Waals surface area contributed by atoms with E-state index in [9.17, 15) is 19.2 Å². The van der Waals surface area contributed by atoms with E-state index in [-0.39, 0.29) is 19.3 Å². The number of aromatic nitrogens is 3. The number of ether oxygens (including phenoxy) is 5. The SMILES string of the molecule is CC(=O)N[C@H]1[C@H](OC(C)=O)[C@H](OC(C)=O)[C@@H](COC(C)=O)O[C@H]1Sc1nnc(COc2ccc(C)cc2)n1C1CCCC1. The number of aryl methyl sites for hydroxylation is 1. The van der Waals surface area contributed by atoms with Gasteiger partial charge in [0.1, 0.15) is 36.5 Å². The van der Waals surface area contributed by atoms with Crippen molar-refractivity contribution in [2.45, 2.75) is 108 Å². The first-order valence-electron chi connectivity index (χ1n) is 14.2. The number of hydrogen-bond donors (Lipinski definition) is 1. The third-order valence-corrected chi connectivity index (χ3v) is 8.23. The third kappa shape index (κ3) is 8.69. The molecule has 5 atom stereocenters. The molecule has 14 heteroatoms. The largest absolute Gasteiger partial charge is 0.486 e. The number of nitrogens with one attached hydrogen (secondary N) is 1. The molecule has 0 radical (unpaired) electrons. The highest BCUT2D eigenvalue weighted by atomic mass is 32.2. The van der Waals surface area contributed by atoms with Crippen LogP contribution < -0.4 is 10.1 Å². The van der Waals surface area contributed by atoms with E-state index in [0.29, 0.717) is 16.7 Å². The number of amides is 1. The van der Waals surface area contributed by atoms with E-state index in [0.717, 1.165) is 31.2 Å². The zero-order chi connectivity index (χ0) is 31.1. The van der Waals surface area contributed by atoms with E-state index in [1.165, 1.54) is 39.5 Å². The van der Waals surface area contributed by atoms with E-state index in [1.807, 2.05) is 35.8 Å². The van der Waals surface area contributed by atoms with Crippen molar-refractivity contribution in [3.8, 4) is 5.75 Å². The van der Waals surface area contributed by atoms with E-state index in [2.05, 4.69) is 15.5 Å². The second-order valence-corrected chi connectivity index (χ2v) is 11.7. The number of carbonyl (C=O) groups excluding carboxylic acids is 4. The number of rotatable bonds is 11. The second kappa shape index (κ2) is 14.7. The van der Waals surface area contributed by atoms with Crippen LogP contribution >= 0.6 is 11.8 Å². The lowest BCUT2D eigenvalue weighted by atomic mass is 9.97. The summed E-state index contributed by atoms with van der Waals surface area (Å²) in [5.41, 5.74) is 0.229. The molecule has 1 N–H and O–H groups in total. The molecule has 1 aromatic heterocycles. The molecule has 1 aliphatic heterocycles. The average molecular weight is 619 g/mol. The molecule has 0 unspecified atom stereocenters. The van der Waals surface area contributed by atoms with Gasteiger partial charge in [-0.05, 0) is 31.9 Å². The first-order chi connectivity index (χ1) is 20.5. The summed E-state index contributed by atoms with van der Waals surface area (Å²) in [4.78, 5) is 48.3. The molecular formula is C29H38N4O9S. The Morgan fingerprint density at radius 3 is 2.21 bits per heavy atom. The molecule has 234 valence electrons. The summed E-state index contributed by atoms with van der Waals surface area (Å²) in [6.07, 6.45) is 0.662.